The zero-order valence-corrected chi connectivity index (χ0v) is 18.8. The Kier molecular flexibility index (Phi) is 8.27. The van der Waals surface area contributed by atoms with Gasteiger partial charge in [-0.05, 0) is 62.6 Å². The van der Waals surface area contributed by atoms with E-state index >= 15 is 0 Å². The lowest BCUT2D eigenvalue weighted by atomic mass is 9.74. The Bertz CT molecular complexity index is 871. The summed E-state index contributed by atoms with van der Waals surface area (Å²) < 4.78 is 12.1. The van der Waals surface area contributed by atoms with Gasteiger partial charge < -0.3 is 10.0 Å². The average molecular weight is 454 g/mol. The largest absolute Gasteiger partial charge is 0.481 e. The number of likely N-dealkylation sites (tertiary alicyclic amines) is 1. The molecule has 162 valence electrons. The third kappa shape index (κ3) is 6.19. The molecule has 1 fully saturated rings. The van der Waals surface area contributed by atoms with Crippen molar-refractivity contribution in [2.45, 2.75) is 52.1 Å². The van der Waals surface area contributed by atoms with E-state index in [-0.39, 0.29) is 30.2 Å². The molecule has 1 N–H and O–H groups in total. The van der Waals surface area contributed by atoms with E-state index < -0.39 is 11.4 Å². The smallest absolute Gasteiger partial charge is 0.304 e. The van der Waals surface area contributed by atoms with E-state index in [4.69, 9.17) is 28.3 Å². The highest BCUT2D eigenvalue weighted by Gasteiger charge is 2.46. The number of carbonyl (C=O) groups excluding carboxylic acids is 1. The molecule has 0 spiro atoms. The number of amides is 1. The minimum atomic E-state index is -0.926. The lowest BCUT2D eigenvalue weighted by Gasteiger charge is -2.46. The SMILES string of the molecule is CC(C)N1C(=O)[C@@](C)(CC(=O)O)CCC1c1ccc(Cl)cc1.Fc1cccc(Cl)c1. The van der Waals surface area contributed by atoms with Gasteiger partial charge in [0.1, 0.15) is 5.82 Å². The van der Waals surface area contributed by atoms with Crippen LogP contribution in [0.5, 0.6) is 0 Å². The van der Waals surface area contributed by atoms with Crippen molar-refractivity contribution in [3.63, 3.8) is 0 Å². The highest BCUT2D eigenvalue weighted by Crippen LogP contribution is 2.43. The number of hydrogen-bond acceptors (Lipinski definition) is 2. The molecule has 0 bridgehead atoms. The van der Waals surface area contributed by atoms with E-state index in [9.17, 15) is 14.0 Å². The highest BCUT2D eigenvalue weighted by atomic mass is 35.5. The summed E-state index contributed by atoms with van der Waals surface area (Å²) in [6, 6.07) is 13.3. The van der Waals surface area contributed by atoms with Gasteiger partial charge in [0.2, 0.25) is 5.91 Å². The molecule has 1 heterocycles. The van der Waals surface area contributed by atoms with Crippen molar-refractivity contribution < 1.29 is 19.1 Å². The Balaban J connectivity index is 0.000000335. The third-order valence-corrected chi connectivity index (χ3v) is 5.68. The van der Waals surface area contributed by atoms with E-state index in [0.717, 1.165) is 12.0 Å². The lowest BCUT2D eigenvalue weighted by Crippen LogP contribution is -2.52. The van der Waals surface area contributed by atoms with Crippen molar-refractivity contribution in [2.75, 3.05) is 0 Å². The number of benzene rings is 2. The van der Waals surface area contributed by atoms with Gasteiger partial charge in [-0.2, -0.15) is 0 Å². The number of carboxylic acids is 1. The fourth-order valence-corrected chi connectivity index (χ4v) is 4.02. The molecular weight excluding hydrogens is 428 g/mol. The van der Waals surface area contributed by atoms with Gasteiger partial charge in [-0.3, -0.25) is 9.59 Å². The molecule has 2 aromatic carbocycles. The van der Waals surface area contributed by atoms with Crippen molar-refractivity contribution in [1.29, 1.82) is 0 Å². The van der Waals surface area contributed by atoms with Gasteiger partial charge in [0, 0.05) is 16.1 Å². The normalized spacial score (nSPS) is 21.2. The van der Waals surface area contributed by atoms with E-state index in [0.29, 0.717) is 16.5 Å². The number of halogens is 3. The molecular formula is C23H26Cl2FNO3. The van der Waals surface area contributed by atoms with Crippen LogP contribution in [0.2, 0.25) is 10.0 Å². The van der Waals surface area contributed by atoms with Crippen LogP contribution in [0.3, 0.4) is 0 Å². The second kappa shape index (κ2) is 10.3. The molecule has 1 aliphatic heterocycles. The molecule has 1 amide bonds. The van der Waals surface area contributed by atoms with Gasteiger partial charge in [-0.1, -0.05) is 48.3 Å². The first kappa shape index (κ1) is 24.2. The van der Waals surface area contributed by atoms with Crippen LogP contribution in [0, 0.1) is 11.2 Å². The Hall–Kier alpha value is -2.11. The maximum atomic E-state index is 12.9. The Labute approximate surface area is 186 Å². The van der Waals surface area contributed by atoms with Crippen LogP contribution in [0.4, 0.5) is 4.39 Å². The Morgan fingerprint density at radius 1 is 1.20 bits per heavy atom. The summed E-state index contributed by atoms with van der Waals surface area (Å²) in [5, 5.41) is 10.2. The standard InChI is InChI=1S/C17H22ClNO3.C6H4ClF/c1-11(2)19-14(12-4-6-13(18)7-5-12)8-9-17(3,16(19)22)10-15(20)21;7-5-2-1-3-6(8)4-5/h4-7,11,14H,8-10H2,1-3H3,(H,20,21);1-4H/t14?,17-;/m1./s1. The fraction of sp³-hybridized carbons (Fsp3) is 0.391. The van der Waals surface area contributed by atoms with Gasteiger partial charge in [0.25, 0.3) is 0 Å². The number of hydrogen-bond donors (Lipinski definition) is 1. The predicted molar refractivity (Wildman–Crippen MR) is 117 cm³/mol. The quantitative estimate of drug-likeness (QED) is 0.584. The third-order valence-electron chi connectivity index (χ3n) is 5.20. The van der Waals surface area contributed by atoms with Crippen LogP contribution in [0.15, 0.2) is 48.5 Å². The van der Waals surface area contributed by atoms with E-state index in [1.165, 1.54) is 12.1 Å². The van der Waals surface area contributed by atoms with Crippen LogP contribution >= 0.6 is 23.2 Å². The van der Waals surface area contributed by atoms with E-state index in [1.807, 2.05) is 43.0 Å². The Morgan fingerprint density at radius 2 is 1.83 bits per heavy atom. The summed E-state index contributed by atoms with van der Waals surface area (Å²) in [5.74, 6) is -1.29. The van der Waals surface area contributed by atoms with Crippen LogP contribution in [-0.2, 0) is 9.59 Å². The molecule has 0 aliphatic carbocycles. The first-order valence-electron chi connectivity index (χ1n) is 9.74. The number of aliphatic carboxylic acids is 1. The number of piperidine rings is 1. The minimum Gasteiger partial charge on any atom is -0.481 e. The molecule has 2 atom stereocenters. The molecule has 1 aliphatic rings. The number of nitrogens with zero attached hydrogens (tertiary/aromatic N) is 1. The average Bonchev–Trinajstić information content (AvgIpc) is 2.64. The molecule has 1 saturated heterocycles. The maximum absolute atomic E-state index is 12.9. The maximum Gasteiger partial charge on any atom is 0.304 e. The van der Waals surface area contributed by atoms with Crippen LogP contribution in [-0.4, -0.2) is 27.9 Å². The molecule has 0 radical (unpaired) electrons. The van der Waals surface area contributed by atoms with Crippen molar-refractivity contribution >= 4 is 35.1 Å². The minimum absolute atomic E-state index is 0.0154. The van der Waals surface area contributed by atoms with Gasteiger partial charge in [-0.15, -0.1) is 0 Å². The second-order valence-electron chi connectivity index (χ2n) is 7.98. The topological polar surface area (TPSA) is 57.6 Å². The first-order chi connectivity index (χ1) is 14.0. The monoisotopic (exact) mass is 453 g/mol. The molecule has 3 rings (SSSR count). The first-order valence-corrected chi connectivity index (χ1v) is 10.5. The zero-order chi connectivity index (χ0) is 22.5. The summed E-state index contributed by atoms with van der Waals surface area (Å²) in [5.41, 5.74) is 0.225. The van der Waals surface area contributed by atoms with Gasteiger partial charge in [-0.25, -0.2) is 4.39 Å². The fourth-order valence-electron chi connectivity index (χ4n) is 3.72. The number of rotatable bonds is 4. The van der Waals surface area contributed by atoms with Crippen LogP contribution in [0.25, 0.3) is 0 Å². The second-order valence-corrected chi connectivity index (χ2v) is 8.86. The molecule has 0 saturated carbocycles. The number of carbonyl (C=O) groups is 2. The summed E-state index contributed by atoms with van der Waals surface area (Å²) in [7, 11) is 0. The summed E-state index contributed by atoms with van der Waals surface area (Å²) in [4.78, 5) is 25.8. The van der Waals surface area contributed by atoms with Gasteiger partial charge in [0.15, 0.2) is 0 Å². The summed E-state index contributed by atoms with van der Waals surface area (Å²) in [6.07, 6.45) is 1.21. The summed E-state index contributed by atoms with van der Waals surface area (Å²) >= 11 is 11.3. The van der Waals surface area contributed by atoms with Crippen LogP contribution in [0.1, 0.15) is 51.6 Å². The van der Waals surface area contributed by atoms with Gasteiger partial charge >= 0.3 is 5.97 Å². The molecule has 4 nitrogen and oxygen atoms in total. The lowest BCUT2D eigenvalue weighted by molar-refractivity contribution is -0.158. The molecule has 30 heavy (non-hydrogen) atoms. The van der Waals surface area contributed by atoms with E-state index in [1.54, 1.807) is 19.1 Å². The van der Waals surface area contributed by atoms with Crippen molar-refractivity contribution in [1.82, 2.24) is 4.90 Å². The molecule has 7 heteroatoms. The highest BCUT2D eigenvalue weighted by molar-refractivity contribution is 6.30. The van der Waals surface area contributed by atoms with Crippen molar-refractivity contribution in [3.8, 4) is 0 Å². The van der Waals surface area contributed by atoms with Crippen molar-refractivity contribution in [2.24, 2.45) is 5.41 Å². The van der Waals surface area contributed by atoms with Gasteiger partial charge in [0.05, 0.1) is 17.9 Å². The Morgan fingerprint density at radius 3 is 2.30 bits per heavy atom. The number of carboxylic acid groups (broad SMARTS) is 1. The molecule has 2 aromatic rings. The van der Waals surface area contributed by atoms with Crippen molar-refractivity contribution in [3.05, 3.63) is 70.0 Å². The molecule has 1 unspecified atom stereocenters. The van der Waals surface area contributed by atoms with Crippen LogP contribution < -0.4 is 0 Å². The zero-order valence-electron chi connectivity index (χ0n) is 17.2. The van der Waals surface area contributed by atoms with E-state index in [2.05, 4.69) is 0 Å². The molecule has 0 aromatic heterocycles. The predicted octanol–water partition coefficient (Wildman–Crippen LogP) is 6.37. The summed E-state index contributed by atoms with van der Waals surface area (Å²) in [6.45, 7) is 5.69.